The van der Waals surface area contributed by atoms with Crippen LogP contribution in [0.5, 0.6) is 0 Å². The van der Waals surface area contributed by atoms with E-state index in [0.29, 0.717) is 0 Å². The molecule has 29 aromatic carbocycles. The predicted octanol–water partition coefficient (Wildman–Crippen LogP) is 17.0. The zero-order valence-corrected chi connectivity index (χ0v) is 30.0. The van der Waals surface area contributed by atoms with Gasteiger partial charge in [0.15, 0.2) is 0 Å². The van der Waals surface area contributed by atoms with Gasteiger partial charge in [0.05, 0.1) is 0 Å². The largest absolute Gasteiger partial charge is 0.110 e. The van der Waals surface area contributed by atoms with Gasteiger partial charge >= 0.3 is 0 Å². The highest BCUT2D eigenvalue weighted by Gasteiger charge is 2.52. The van der Waals surface area contributed by atoms with E-state index in [0.717, 1.165) is 0 Å². The molecule has 0 N–H and O–H groups in total. The molecule has 3 aliphatic rings. The van der Waals surface area contributed by atoms with Gasteiger partial charge in [0.25, 0.3) is 0 Å². The van der Waals surface area contributed by atoms with Crippen molar-refractivity contribution in [3.8, 4) is 0 Å². The summed E-state index contributed by atoms with van der Waals surface area (Å²) < 4.78 is 0. The first-order valence-corrected chi connectivity index (χ1v) is 22.5. The second-order valence-corrected chi connectivity index (χ2v) is 22.5. The van der Waals surface area contributed by atoms with Crippen LogP contribution in [0.25, 0.3) is 302 Å². The molecular weight excluding hydrogens is 721 g/mol. The molecule has 0 nitrogen and oxygen atoms in total. The Hall–Kier alpha value is -7.67. The number of benzene rings is 18. The fourth-order valence-electron chi connectivity index (χ4n) is 22.5. The summed E-state index contributed by atoms with van der Waals surface area (Å²) in [4.78, 5) is 0. The van der Waals surface area contributed by atoms with Crippen LogP contribution in [0.15, 0.2) is 0 Å². The summed E-state index contributed by atoms with van der Waals surface area (Å²) in [6, 6.07) is 0. The van der Waals surface area contributed by atoms with E-state index in [9.17, 15) is 0 Å². The lowest BCUT2D eigenvalue weighted by atomic mass is 9.76. The topological polar surface area (TPSA) is 0 Å². The summed E-state index contributed by atoms with van der Waals surface area (Å²) in [5.74, 6) is 1.67. The molecule has 0 saturated carbocycles. The first-order chi connectivity index (χ1) is 30.0. The molecule has 0 heterocycles. The van der Waals surface area contributed by atoms with Crippen molar-refractivity contribution in [2.45, 2.75) is 0 Å². The van der Waals surface area contributed by atoms with Gasteiger partial charge in [-0.15, -0.1) is 10.8 Å². The highest BCUT2D eigenvalue weighted by atomic mass is 14.5. The van der Waals surface area contributed by atoms with Crippen LogP contribution in [0.4, 0.5) is 0 Å². The van der Waals surface area contributed by atoms with Gasteiger partial charge in [0.2, 0.25) is 0 Å². The molecule has 29 aromatic rings. The second kappa shape index (κ2) is 4.38. The number of hydrogen-bond donors (Lipinski definition) is 0. The van der Waals surface area contributed by atoms with Gasteiger partial charge in [-0.25, -0.2) is 0 Å². The van der Waals surface area contributed by atoms with Crippen LogP contribution in [0.2, 0.25) is 0 Å². The predicted molar refractivity (Wildman–Crippen MR) is 257 cm³/mol. The molecule has 0 fully saturated rings. The maximum Gasteiger partial charge on any atom is 0.0310 e. The standard InChI is InChI=1S/C60/c1-2-5-6-3(1)8-12-10-4(1)9-11-7(2)17-21-13(5)23-24-14(6)22-18(8)28-20(12)30-26-16(10)15(9)25-29-19(11)27(17)37-41-31(21)33(23)43-44-34(24)32(22)42-38(28)48-40(30)46-36(26)35(25)45-39(29)47(37)55-49(41)51(43)57-52(44)50(42)56(48)59-54(46)53(45)58(55)60(57)59/q-1. The second-order valence-electron chi connectivity index (χ2n) is 22.5. The summed E-state index contributed by atoms with van der Waals surface area (Å²) >= 11 is 0. The minimum absolute atomic E-state index is 1.67. The Bertz CT molecular complexity index is 6350. The van der Waals surface area contributed by atoms with Crippen LogP contribution in [-0.2, 0) is 0 Å². The zero-order chi connectivity index (χ0) is 34.6. The van der Waals surface area contributed by atoms with Crippen molar-refractivity contribution in [1.82, 2.24) is 0 Å². The highest BCUT2D eigenvalue weighted by molar-refractivity contribution is 6.83. The van der Waals surface area contributed by atoms with E-state index in [-0.39, 0.29) is 0 Å². The minimum atomic E-state index is 1.67. The molecule has 32 rings (SSSR count). The van der Waals surface area contributed by atoms with Crippen LogP contribution in [-0.4, -0.2) is 0 Å². The third kappa shape index (κ3) is 0.987. The van der Waals surface area contributed by atoms with Gasteiger partial charge < -0.3 is 0 Å². The van der Waals surface area contributed by atoms with Crippen LogP contribution in [0, 0.1) is 5.92 Å². The highest BCUT2D eigenvalue weighted by Crippen LogP contribution is 2.81. The normalized spacial score (nSPS) is 18.6. The molecule has 1 radical (unpaired) electrons. The van der Waals surface area contributed by atoms with E-state index in [1.807, 2.05) is 0 Å². The Kier molecular flexibility index (Phi) is 1.48. The van der Waals surface area contributed by atoms with Crippen molar-refractivity contribution in [1.29, 1.82) is 0 Å². The van der Waals surface area contributed by atoms with Crippen LogP contribution in [0.1, 0.15) is 16.7 Å². The Morgan fingerprint density at radius 1 is 0.117 bits per heavy atom. The quantitative estimate of drug-likeness (QED) is 0.108. The molecule has 0 aliphatic heterocycles. The SMILES string of the molecule is [C]12c3c4c5c1c1c6c7c5c5c8c4c4c9c3c3c%10c9c9c%11c4c8c4c8c5c7c5c7c6c6c%12c%13c7c7c5c8c5c4c%11c4c9c8c9c%11c4c5c7c%11c%13c4c9c(c8%10)c5c(c4%12)c(c16)[c-]2c35. The average Bonchev–Trinajstić information content (AvgIpc) is 4.09. The molecule has 3 aliphatic carbocycles. The Balaban J connectivity index is 1.35. The minimum Gasteiger partial charge on any atom is -0.110 e. The maximum atomic E-state index is 1.67. The van der Waals surface area contributed by atoms with E-state index < -0.39 is 0 Å². The molecular formula is C60-. The fourth-order valence-corrected chi connectivity index (χ4v) is 22.5. The van der Waals surface area contributed by atoms with E-state index in [1.54, 1.807) is 324 Å². The first-order valence-electron chi connectivity index (χ1n) is 22.5. The lowest BCUT2D eigenvalue weighted by Gasteiger charge is -2.30. The van der Waals surface area contributed by atoms with Crippen molar-refractivity contribution in [3.63, 3.8) is 0 Å². The smallest absolute Gasteiger partial charge is 0.0310 e. The van der Waals surface area contributed by atoms with E-state index in [2.05, 4.69) is 0 Å². The molecule has 0 heteroatoms. The van der Waals surface area contributed by atoms with E-state index in [4.69, 9.17) is 0 Å². The Morgan fingerprint density at radius 3 is 0.417 bits per heavy atom. The van der Waals surface area contributed by atoms with Crippen molar-refractivity contribution in [2.75, 3.05) is 0 Å². The molecule has 241 valence electrons. The lowest BCUT2D eigenvalue weighted by Crippen LogP contribution is -2.07. The summed E-state index contributed by atoms with van der Waals surface area (Å²) in [7, 11) is 0. The molecule has 0 spiro atoms. The first kappa shape index (κ1) is 20.3. The fraction of sp³-hybridized carbons (Fsp3) is 0. The van der Waals surface area contributed by atoms with Crippen LogP contribution >= 0.6 is 0 Å². The van der Waals surface area contributed by atoms with Gasteiger partial charge in [-0.05, 0) is 280 Å². The number of hydrogen-bond acceptors (Lipinski definition) is 0. The van der Waals surface area contributed by atoms with Gasteiger partial charge in [0.1, 0.15) is 0 Å². The molecule has 0 atom stereocenters. The third-order valence-corrected chi connectivity index (χ3v) is 22.5. The van der Waals surface area contributed by atoms with Crippen molar-refractivity contribution in [3.05, 3.63) is 22.6 Å². The molecule has 60 heavy (non-hydrogen) atoms. The zero-order valence-electron chi connectivity index (χ0n) is 30.0. The maximum absolute atomic E-state index is 1.67. The summed E-state index contributed by atoms with van der Waals surface area (Å²) in [6.07, 6.45) is 0. The van der Waals surface area contributed by atoms with Gasteiger partial charge in [0, 0.05) is 5.92 Å². The lowest BCUT2D eigenvalue weighted by molar-refractivity contribution is 1.38. The Morgan fingerprint density at radius 2 is 0.233 bits per heavy atom. The molecule has 0 aromatic heterocycles. The molecule has 0 unspecified atom stereocenters. The molecule has 0 bridgehead atoms. The summed E-state index contributed by atoms with van der Waals surface area (Å²) in [6.45, 7) is 0. The molecule has 0 amide bonds. The summed E-state index contributed by atoms with van der Waals surface area (Å²) in [5, 5.41) is 93.3. The summed E-state index contributed by atoms with van der Waals surface area (Å²) in [5.41, 5.74) is 5.00. The van der Waals surface area contributed by atoms with Crippen LogP contribution < -0.4 is 0 Å². The van der Waals surface area contributed by atoms with E-state index in [1.165, 1.54) is 0 Å². The number of rotatable bonds is 0. The van der Waals surface area contributed by atoms with Crippen molar-refractivity contribution >= 4 is 302 Å². The van der Waals surface area contributed by atoms with Crippen LogP contribution in [0.3, 0.4) is 0 Å². The van der Waals surface area contributed by atoms with Gasteiger partial charge in [-0.1, -0.05) is 27.1 Å². The monoisotopic (exact) mass is 720 g/mol. The van der Waals surface area contributed by atoms with Gasteiger partial charge in [-0.3, -0.25) is 0 Å². The van der Waals surface area contributed by atoms with E-state index >= 15 is 0 Å². The van der Waals surface area contributed by atoms with Crippen molar-refractivity contribution in [2.24, 2.45) is 0 Å². The molecule has 0 saturated heterocycles. The average molecular weight is 721 g/mol. The van der Waals surface area contributed by atoms with Crippen molar-refractivity contribution < 1.29 is 0 Å². The van der Waals surface area contributed by atoms with Gasteiger partial charge in [-0.2, -0.15) is 0 Å². The third-order valence-electron chi connectivity index (χ3n) is 22.5. The Labute approximate surface area is 322 Å².